The molecule has 0 bridgehead atoms. The smallest absolute Gasteiger partial charge is 0.321 e. The van der Waals surface area contributed by atoms with Gasteiger partial charge in [0.2, 0.25) is 5.91 Å². The lowest BCUT2D eigenvalue weighted by molar-refractivity contribution is -0.126. The number of benzene rings is 1. The van der Waals surface area contributed by atoms with Crippen LogP contribution >= 0.6 is 11.6 Å². The van der Waals surface area contributed by atoms with Crippen molar-refractivity contribution >= 4 is 29.2 Å². The zero-order valence-electron chi connectivity index (χ0n) is 13.6. The molecule has 1 heterocycles. The number of carbonyl (C=O) groups is 2. The van der Waals surface area contributed by atoms with E-state index in [1.165, 1.54) is 0 Å². The quantitative estimate of drug-likeness (QED) is 0.885. The Balaban J connectivity index is 1.78. The second-order valence-corrected chi connectivity index (χ2v) is 6.77. The number of rotatable bonds is 4. The van der Waals surface area contributed by atoms with Crippen LogP contribution in [0.2, 0.25) is 5.02 Å². The lowest BCUT2D eigenvalue weighted by atomic mass is 9.96. The van der Waals surface area contributed by atoms with Crippen LogP contribution in [0.15, 0.2) is 24.3 Å². The fourth-order valence-electron chi connectivity index (χ4n) is 2.53. The number of likely N-dealkylation sites (tertiary alicyclic amines) is 1. The van der Waals surface area contributed by atoms with Crippen LogP contribution in [0, 0.1) is 11.8 Å². The van der Waals surface area contributed by atoms with E-state index in [-0.39, 0.29) is 17.9 Å². The topological polar surface area (TPSA) is 61.4 Å². The van der Waals surface area contributed by atoms with E-state index in [0.717, 1.165) is 5.69 Å². The maximum absolute atomic E-state index is 12.2. The Morgan fingerprint density at radius 1 is 1.22 bits per heavy atom. The SMILES string of the molecule is CC(C)CNC(=O)C1CCN(C(=O)Nc2ccc(Cl)cc2)CC1. The summed E-state index contributed by atoms with van der Waals surface area (Å²) in [7, 11) is 0. The van der Waals surface area contributed by atoms with Crippen LogP contribution in [0.1, 0.15) is 26.7 Å². The number of halogens is 1. The van der Waals surface area contributed by atoms with Crippen LogP contribution in [0.5, 0.6) is 0 Å². The normalized spacial score (nSPS) is 15.6. The average Bonchev–Trinajstić information content (AvgIpc) is 2.55. The molecular formula is C17H24ClN3O2. The summed E-state index contributed by atoms with van der Waals surface area (Å²) < 4.78 is 0. The summed E-state index contributed by atoms with van der Waals surface area (Å²) in [5.41, 5.74) is 0.719. The van der Waals surface area contributed by atoms with Gasteiger partial charge in [0.1, 0.15) is 0 Å². The van der Waals surface area contributed by atoms with Gasteiger partial charge in [-0.05, 0) is 43.0 Å². The Morgan fingerprint density at radius 3 is 2.39 bits per heavy atom. The third-order valence-corrected chi connectivity index (χ3v) is 4.18. The number of anilines is 1. The van der Waals surface area contributed by atoms with Crippen LogP contribution in [0.25, 0.3) is 0 Å². The minimum Gasteiger partial charge on any atom is -0.356 e. The molecule has 1 aromatic carbocycles. The van der Waals surface area contributed by atoms with Crippen LogP contribution < -0.4 is 10.6 Å². The highest BCUT2D eigenvalue weighted by atomic mass is 35.5. The molecule has 2 rings (SSSR count). The average molecular weight is 338 g/mol. The molecule has 0 saturated carbocycles. The highest BCUT2D eigenvalue weighted by Crippen LogP contribution is 2.19. The van der Waals surface area contributed by atoms with Crippen molar-refractivity contribution in [3.63, 3.8) is 0 Å². The maximum Gasteiger partial charge on any atom is 0.321 e. The number of hydrogen-bond acceptors (Lipinski definition) is 2. The molecule has 0 unspecified atom stereocenters. The Labute approximate surface area is 142 Å². The summed E-state index contributed by atoms with van der Waals surface area (Å²) in [6, 6.07) is 6.89. The minimum atomic E-state index is -0.131. The molecule has 2 N–H and O–H groups in total. The third kappa shape index (κ3) is 5.43. The molecule has 1 aliphatic rings. The molecule has 0 aromatic heterocycles. The van der Waals surface area contributed by atoms with Crippen LogP contribution in [-0.2, 0) is 4.79 Å². The number of urea groups is 1. The van der Waals surface area contributed by atoms with E-state index in [0.29, 0.717) is 43.4 Å². The summed E-state index contributed by atoms with van der Waals surface area (Å²) in [6.07, 6.45) is 1.41. The van der Waals surface area contributed by atoms with Crippen molar-refractivity contribution in [3.05, 3.63) is 29.3 Å². The Hall–Kier alpha value is -1.75. The Morgan fingerprint density at radius 2 is 1.83 bits per heavy atom. The molecule has 0 spiro atoms. The van der Waals surface area contributed by atoms with Gasteiger partial charge in [0, 0.05) is 36.3 Å². The predicted octanol–water partition coefficient (Wildman–Crippen LogP) is 3.36. The van der Waals surface area contributed by atoms with E-state index < -0.39 is 0 Å². The first-order valence-electron chi connectivity index (χ1n) is 8.05. The summed E-state index contributed by atoms with van der Waals surface area (Å²) >= 11 is 5.83. The van der Waals surface area contributed by atoms with Crippen LogP contribution in [0.4, 0.5) is 10.5 Å². The zero-order valence-corrected chi connectivity index (χ0v) is 14.4. The largest absolute Gasteiger partial charge is 0.356 e. The van der Waals surface area contributed by atoms with Gasteiger partial charge in [-0.15, -0.1) is 0 Å². The number of piperidine rings is 1. The van der Waals surface area contributed by atoms with Crippen molar-refractivity contribution in [2.75, 3.05) is 25.0 Å². The number of nitrogens with one attached hydrogen (secondary N) is 2. The summed E-state index contributed by atoms with van der Waals surface area (Å²) in [6.45, 7) is 6.04. The first-order valence-corrected chi connectivity index (χ1v) is 8.42. The molecule has 3 amide bonds. The van der Waals surface area contributed by atoms with Gasteiger partial charge < -0.3 is 15.5 Å². The number of carbonyl (C=O) groups excluding carboxylic acids is 2. The monoisotopic (exact) mass is 337 g/mol. The molecule has 0 aliphatic carbocycles. The first kappa shape index (κ1) is 17.6. The third-order valence-electron chi connectivity index (χ3n) is 3.93. The highest BCUT2D eigenvalue weighted by Gasteiger charge is 2.27. The molecule has 0 radical (unpaired) electrons. The van der Waals surface area contributed by atoms with Gasteiger partial charge in [-0.1, -0.05) is 25.4 Å². The number of amides is 3. The number of nitrogens with zero attached hydrogens (tertiary/aromatic N) is 1. The summed E-state index contributed by atoms with van der Waals surface area (Å²) in [5.74, 6) is 0.564. The zero-order chi connectivity index (χ0) is 16.8. The van der Waals surface area contributed by atoms with E-state index >= 15 is 0 Å². The molecule has 1 aliphatic heterocycles. The fraction of sp³-hybridized carbons (Fsp3) is 0.529. The van der Waals surface area contributed by atoms with Crippen molar-refractivity contribution in [1.29, 1.82) is 0 Å². The molecule has 5 nitrogen and oxygen atoms in total. The second-order valence-electron chi connectivity index (χ2n) is 6.34. The lowest BCUT2D eigenvalue weighted by Gasteiger charge is -2.31. The molecule has 6 heteroatoms. The van der Waals surface area contributed by atoms with Crippen molar-refractivity contribution in [1.82, 2.24) is 10.2 Å². The van der Waals surface area contributed by atoms with Gasteiger partial charge in [0.05, 0.1) is 0 Å². The minimum absolute atomic E-state index is 0.00771. The highest BCUT2D eigenvalue weighted by molar-refractivity contribution is 6.30. The predicted molar refractivity (Wildman–Crippen MR) is 92.6 cm³/mol. The molecule has 23 heavy (non-hydrogen) atoms. The Kier molecular flexibility index (Phi) is 6.28. The second kappa shape index (κ2) is 8.20. The van der Waals surface area contributed by atoms with Crippen molar-refractivity contribution in [3.8, 4) is 0 Å². The van der Waals surface area contributed by atoms with Crippen molar-refractivity contribution in [2.24, 2.45) is 11.8 Å². The molecule has 126 valence electrons. The van der Waals surface area contributed by atoms with Crippen molar-refractivity contribution < 1.29 is 9.59 Å². The molecule has 1 fully saturated rings. The van der Waals surface area contributed by atoms with E-state index in [1.54, 1.807) is 29.2 Å². The Bertz CT molecular complexity index is 537. The molecule has 1 saturated heterocycles. The van der Waals surface area contributed by atoms with Crippen LogP contribution in [-0.4, -0.2) is 36.5 Å². The van der Waals surface area contributed by atoms with E-state index in [1.807, 2.05) is 0 Å². The van der Waals surface area contributed by atoms with Gasteiger partial charge in [0.25, 0.3) is 0 Å². The summed E-state index contributed by atoms with van der Waals surface area (Å²) in [5, 5.41) is 6.46. The van der Waals surface area contributed by atoms with Gasteiger partial charge in [-0.25, -0.2) is 4.79 Å². The fourth-order valence-corrected chi connectivity index (χ4v) is 2.66. The maximum atomic E-state index is 12.2. The van der Waals surface area contributed by atoms with Gasteiger partial charge in [-0.2, -0.15) is 0 Å². The van der Waals surface area contributed by atoms with Crippen LogP contribution in [0.3, 0.4) is 0 Å². The van der Waals surface area contributed by atoms with Crippen molar-refractivity contribution in [2.45, 2.75) is 26.7 Å². The van der Waals surface area contributed by atoms with E-state index in [9.17, 15) is 9.59 Å². The van der Waals surface area contributed by atoms with Gasteiger partial charge >= 0.3 is 6.03 Å². The van der Waals surface area contributed by atoms with E-state index in [2.05, 4.69) is 24.5 Å². The molecule has 0 atom stereocenters. The summed E-state index contributed by atoms with van der Waals surface area (Å²) in [4.78, 5) is 26.0. The molecular weight excluding hydrogens is 314 g/mol. The standard InChI is InChI=1S/C17H24ClN3O2/c1-12(2)11-19-16(22)13-7-9-21(10-8-13)17(23)20-15-5-3-14(18)4-6-15/h3-6,12-13H,7-11H2,1-2H3,(H,19,22)(H,20,23). The lowest BCUT2D eigenvalue weighted by Crippen LogP contribution is -2.45. The number of hydrogen-bond donors (Lipinski definition) is 2. The van der Waals surface area contributed by atoms with E-state index in [4.69, 9.17) is 11.6 Å². The first-order chi connectivity index (χ1) is 11.0. The van der Waals surface area contributed by atoms with Gasteiger partial charge in [0.15, 0.2) is 0 Å². The molecule has 1 aromatic rings. The van der Waals surface area contributed by atoms with Gasteiger partial charge in [-0.3, -0.25) is 4.79 Å².